The maximum Gasteiger partial charge on any atom is 0.157 e. The normalized spacial score (nSPS) is 33.2. The van der Waals surface area contributed by atoms with E-state index in [4.69, 9.17) is 4.74 Å². The van der Waals surface area contributed by atoms with E-state index in [9.17, 15) is 4.79 Å². The third-order valence-corrected chi connectivity index (χ3v) is 1.60. The van der Waals surface area contributed by atoms with Gasteiger partial charge in [0.15, 0.2) is 11.9 Å². The Morgan fingerprint density at radius 3 is 2.80 bits per heavy atom. The zero-order valence-electron chi connectivity index (χ0n) is 5.80. The molecule has 0 spiro atoms. The van der Waals surface area contributed by atoms with E-state index in [1.54, 1.807) is 0 Å². The van der Waals surface area contributed by atoms with E-state index in [-0.39, 0.29) is 0 Å². The van der Waals surface area contributed by atoms with Gasteiger partial charge >= 0.3 is 0 Å². The summed E-state index contributed by atoms with van der Waals surface area (Å²) >= 11 is 0. The number of hydrogen-bond donors (Lipinski definition) is 1. The Morgan fingerprint density at radius 1 is 1.70 bits per heavy atom. The number of aldehydes is 1. The fourth-order valence-electron chi connectivity index (χ4n) is 0.903. The molecular formula is C7H11NO2. The van der Waals surface area contributed by atoms with E-state index >= 15 is 0 Å². The van der Waals surface area contributed by atoms with Gasteiger partial charge in [-0.15, -0.1) is 0 Å². The fourth-order valence-corrected chi connectivity index (χ4v) is 0.903. The highest BCUT2D eigenvalue weighted by atomic mass is 16.5. The minimum atomic E-state index is -0.766. The summed E-state index contributed by atoms with van der Waals surface area (Å²) in [5, 5.41) is 3.05. The van der Waals surface area contributed by atoms with Crippen LogP contribution < -0.4 is 5.32 Å². The Labute approximate surface area is 60.1 Å². The lowest BCUT2D eigenvalue weighted by atomic mass is 10.1. The molecule has 0 aromatic heterocycles. The first-order valence-corrected chi connectivity index (χ1v) is 3.27. The van der Waals surface area contributed by atoms with Crippen LogP contribution in [0.1, 0.15) is 0 Å². The minimum Gasteiger partial charge on any atom is -0.361 e. The summed E-state index contributed by atoms with van der Waals surface area (Å²) in [6.07, 6.45) is 2.32. The fraction of sp³-hybridized carbons (Fsp3) is 0.571. The molecule has 1 unspecified atom stereocenters. The van der Waals surface area contributed by atoms with E-state index in [0.717, 1.165) is 12.8 Å². The van der Waals surface area contributed by atoms with Gasteiger partial charge in [0.2, 0.25) is 0 Å². The molecule has 0 aromatic rings. The average Bonchev–Trinajstić information content (AvgIpc) is 2.06. The average molecular weight is 141 g/mol. The van der Waals surface area contributed by atoms with Crippen molar-refractivity contribution < 1.29 is 9.53 Å². The molecule has 1 rings (SSSR count). The zero-order valence-corrected chi connectivity index (χ0v) is 5.80. The lowest BCUT2D eigenvalue weighted by molar-refractivity contribution is -0.127. The third kappa shape index (κ3) is 1.25. The lowest BCUT2D eigenvalue weighted by Gasteiger charge is -2.29. The largest absolute Gasteiger partial charge is 0.361 e. The Morgan fingerprint density at radius 2 is 2.50 bits per heavy atom. The van der Waals surface area contributed by atoms with E-state index in [1.165, 1.54) is 6.08 Å². The maximum absolute atomic E-state index is 10.5. The van der Waals surface area contributed by atoms with Gasteiger partial charge in [0.05, 0.1) is 6.61 Å². The number of carbonyl (C=O) groups is 1. The Kier molecular flexibility index (Phi) is 2.19. The van der Waals surface area contributed by atoms with Crippen molar-refractivity contribution >= 4 is 6.29 Å². The van der Waals surface area contributed by atoms with Crippen LogP contribution in [-0.2, 0) is 9.53 Å². The second-order valence-electron chi connectivity index (χ2n) is 2.30. The number of ether oxygens (including phenoxy) is 1. The molecule has 0 bridgehead atoms. The van der Waals surface area contributed by atoms with Crippen LogP contribution >= 0.6 is 0 Å². The van der Waals surface area contributed by atoms with E-state index in [1.807, 2.05) is 0 Å². The molecule has 3 heteroatoms. The molecule has 1 heterocycles. The number of carbonyl (C=O) groups excluding carboxylic acids is 1. The van der Waals surface area contributed by atoms with Gasteiger partial charge in [0.1, 0.15) is 0 Å². The van der Waals surface area contributed by atoms with Crippen molar-refractivity contribution in [2.24, 2.45) is 0 Å². The highest BCUT2D eigenvalue weighted by Crippen LogP contribution is 2.10. The molecule has 56 valence electrons. The number of hydrogen-bond acceptors (Lipinski definition) is 3. The quantitative estimate of drug-likeness (QED) is 0.425. The molecule has 1 atom stereocenters. The van der Waals surface area contributed by atoms with E-state index in [2.05, 4.69) is 11.9 Å². The molecule has 1 N–H and O–H groups in total. The summed E-state index contributed by atoms with van der Waals surface area (Å²) < 4.78 is 5.22. The Balaban J connectivity index is 2.60. The first kappa shape index (κ1) is 7.44. The minimum absolute atomic E-state index is 0.542. The summed E-state index contributed by atoms with van der Waals surface area (Å²) in [7, 11) is 0. The van der Waals surface area contributed by atoms with Crippen LogP contribution in [0.15, 0.2) is 12.7 Å². The van der Waals surface area contributed by atoms with Gasteiger partial charge in [-0.05, 0) is 0 Å². The summed E-state index contributed by atoms with van der Waals surface area (Å²) in [5.41, 5.74) is -0.766. The molecule has 0 amide bonds. The zero-order chi connectivity index (χ0) is 7.45. The summed E-state index contributed by atoms with van der Waals surface area (Å²) in [6.45, 7) is 5.46. The van der Waals surface area contributed by atoms with Crippen LogP contribution in [0, 0.1) is 0 Å². The molecule has 0 saturated carbocycles. The maximum atomic E-state index is 10.5. The third-order valence-electron chi connectivity index (χ3n) is 1.60. The molecule has 0 radical (unpaired) electrons. The van der Waals surface area contributed by atoms with Crippen LogP contribution in [0.3, 0.4) is 0 Å². The Hall–Kier alpha value is -0.670. The second-order valence-corrected chi connectivity index (χ2v) is 2.30. The standard InChI is InChI=1S/C7H11NO2/c1-2-7(6-9)5-8-3-4-10-7/h2,6,8H,1,3-5H2. The molecule has 1 aliphatic heterocycles. The van der Waals surface area contributed by atoms with Crippen molar-refractivity contribution in [2.75, 3.05) is 19.7 Å². The molecule has 0 aromatic carbocycles. The highest BCUT2D eigenvalue weighted by Gasteiger charge is 2.28. The van der Waals surface area contributed by atoms with Crippen LogP contribution in [0.2, 0.25) is 0 Å². The predicted molar refractivity (Wildman–Crippen MR) is 37.8 cm³/mol. The van der Waals surface area contributed by atoms with Crippen LogP contribution in [0.25, 0.3) is 0 Å². The van der Waals surface area contributed by atoms with Crippen molar-refractivity contribution in [1.82, 2.24) is 5.32 Å². The van der Waals surface area contributed by atoms with Crippen molar-refractivity contribution in [3.63, 3.8) is 0 Å². The molecular weight excluding hydrogens is 130 g/mol. The topological polar surface area (TPSA) is 38.3 Å². The second kappa shape index (κ2) is 2.94. The van der Waals surface area contributed by atoms with Gasteiger partial charge in [-0.1, -0.05) is 12.7 Å². The van der Waals surface area contributed by atoms with Crippen molar-refractivity contribution in [1.29, 1.82) is 0 Å². The number of rotatable bonds is 2. The first-order chi connectivity index (χ1) is 4.83. The summed E-state index contributed by atoms with van der Waals surface area (Å²) in [4.78, 5) is 10.5. The lowest BCUT2D eigenvalue weighted by Crippen LogP contribution is -2.49. The molecule has 0 aliphatic carbocycles. The van der Waals surface area contributed by atoms with Crippen LogP contribution in [0.5, 0.6) is 0 Å². The van der Waals surface area contributed by atoms with Crippen LogP contribution in [-0.4, -0.2) is 31.6 Å². The molecule has 1 fully saturated rings. The molecule has 10 heavy (non-hydrogen) atoms. The number of morpholine rings is 1. The molecule has 3 nitrogen and oxygen atoms in total. The van der Waals surface area contributed by atoms with Gasteiger partial charge < -0.3 is 10.1 Å². The number of nitrogens with one attached hydrogen (secondary N) is 1. The van der Waals surface area contributed by atoms with Gasteiger partial charge in [0.25, 0.3) is 0 Å². The van der Waals surface area contributed by atoms with Gasteiger partial charge in [-0.2, -0.15) is 0 Å². The smallest absolute Gasteiger partial charge is 0.157 e. The molecule has 1 saturated heterocycles. The van der Waals surface area contributed by atoms with E-state index in [0.29, 0.717) is 13.2 Å². The van der Waals surface area contributed by atoms with Gasteiger partial charge in [-0.3, -0.25) is 4.79 Å². The highest BCUT2D eigenvalue weighted by molar-refractivity contribution is 5.66. The van der Waals surface area contributed by atoms with Crippen molar-refractivity contribution in [3.05, 3.63) is 12.7 Å². The predicted octanol–water partition coefficient (Wildman–Crippen LogP) is -0.270. The summed E-state index contributed by atoms with van der Waals surface area (Å²) in [6, 6.07) is 0. The first-order valence-electron chi connectivity index (χ1n) is 3.27. The van der Waals surface area contributed by atoms with Crippen molar-refractivity contribution in [2.45, 2.75) is 5.60 Å². The SMILES string of the molecule is C=CC1(C=O)CNCCO1. The molecule has 1 aliphatic rings. The Bertz CT molecular complexity index is 129. The monoisotopic (exact) mass is 141 g/mol. The van der Waals surface area contributed by atoms with Gasteiger partial charge in [-0.25, -0.2) is 0 Å². The summed E-state index contributed by atoms with van der Waals surface area (Å²) in [5.74, 6) is 0. The van der Waals surface area contributed by atoms with E-state index < -0.39 is 5.60 Å². The van der Waals surface area contributed by atoms with Crippen LogP contribution in [0.4, 0.5) is 0 Å². The van der Waals surface area contributed by atoms with Crippen molar-refractivity contribution in [3.8, 4) is 0 Å². The van der Waals surface area contributed by atoms with Gasteiger partial charge in [0, 0.05) is 13.1 Å².